The van der Waals surface area contributed by atoms with Gasteiger partial charge in [-0.2, -0.15) is 0 Å². The van der Waals surface area contributed by atoms with E-state index < -0.39 is 0 Å². The first kappa shape index (κ1) is 15.8. The molecule has 2 aromatic rings. The molecule has 0 atom stereocenters. The largest absolute Gasteiger partial charge is 0.475 e. The van der Waals surface area contributed by atoms with Gasteiger partial charge in [-0.05, 0) is 49.4 Å². The van der Waals surface area contributed by atoms with Crippen molar-refractivity contribution in [3.8, 4) is 11.1 Å². The van der Waals surface area contributed by atoms with Crippen LogP contribution in [0.5, 0.6) is 0 Å². The maximum Gasteiger partial charge on any atom is 0.217 e. The third-order valence-electron chi connectivity index (χ3n) is 4.21. The second-order valence-electron chi connectivity index (χ2n) is 6.86. The van der Waals surface area contributed by atoms with Crippen LogP contribution in [0.3, 0.4) is 0 Å². The van der Waals surface area contributed by atoms with Gasteiger partial charge in [-0.1, -0.05) is 55.8 Å². The van der Waals surface area contributed by atoms with Crippen molar-refractivity contribution < 1.29 is 4.74 Å². The van der Waals surface area contributed by atoms with Crippen LogP contribution in [0.25, 0.3) is 11.1 Å². The maximum atomic E-state index is 5.84. The van der Waals surface area contributed by atoms with Gasteiger partial charge in [-0.15, -0.1) is 0 Å². The molecule has 0 unspecified atom stereocenters. The van der Waals surface area contributed by atoms with E-state index in [1.54, 1.807) is 0 Å². The van der Waals surface area contributed by atoms with Gasteiger partial charge >= 0.3 is 0 Å². The van der Waals surface area contributed by atoms with Crippen LogP contribution in [0.4, 0.5) is 0 Å². The lowest BCUT2D eigenvalue weighted by Crippen LogP contribution is -2.17. The summed E-state index contributed by atoms with van der Waals surface area (Å²) in [5.41, 5.74) is 4.76. The van der Waals surface area contributed by atoms with Crippen LogP contribution in [0, 0.1) is 0 Å². The lowest BCUT2D eigenvalue weighted by atomic mass is 9.97. The highest BCUT2D eigenvalue weighted by atomic mass is 16.5. The van der Waals surface area contributed by atoms with E-state index in [1.165, 1.54) is 29.5 Å². The van der Waals surface area contributed by atoms with Crippen molar-refractivity contribution in [3.05, 3.63) is 59.7 Å². The predicted octanol–water partition coefficient (Wildman–Crippen LogP) is 5.25. The number of unbranched alkanes of at least 4 members (excludes halogenated alkanes) is 1. The van der Waals surface area contributed by atoms with Gasteiger partial charge < -0.3 is 4.74 Å². The van der Waals surface area contributed by atoms with Gasteiger partial charge in [0, 0.05) is 5.56 Å². The molecule has 2 heteroatoms. The number of benzene rings is 2. The van der Waals surface area contributed by atoms with Crippen molar-refractivity contribution in [2.75, 3.05) is 6.61 Å². The third-order valence-corrected chi connectivity index (χ3v) is 4.21. The van der Waals surface area contributed by atoms with Gasteiger partial charge in [-0.25, -0.2) is 4.99 Å². The number of hydrogen-bond donors (Lipinski definition) is 0. The van der Waals surface area contributed by atoms with Gasteiger partial charge in [0.05, 0.1) is 5.54 Å². The van der Waals surface area contributed by atoms with Crippen molar-refractivity contribution >= 4 is 5.90 Å². The Balaban J connectivity index is 1.92. The Bertz CT molecular complexity index is 698. The summed E-state index contributed by atoms with van der Waals surface area (Å²) in [6, 6.07) is 17.3. The fourth-order valence-corrected chi connectivity index (χ4v) is 2.88. The molecule has 0 aromatic heterocycles. The molecule has 2 nitrogen and oxygen atoms in total. The molecule has 0 spiro atoms. The Morgan fingerprint density at radius 3 is 2.30 bits per heavy atom. The number of rotatable bonds is 5. The van der Waals surface area contributed by atoms with Crippen LogP contribution in [-0.4, -0.2) is 18.0 Å². The topological polar surface area (TPSA) is 21.6 Å². The minimum Gasteiger partial charge on any atom is -0.475 e. The summed E-state index contributed by atoms with van der Waals surface area (Å²) in [6.45, 7) is 7.08. The zero-order chi connectivity index (χ0) is 16.3. The molecule has 0 N–H and O–H groups in total. The molecule has 0 aliphatic carbocycles. The van der Waals surface area contributed by atoms with E-state index in [0.717, 1.165) is 17.9 Å². The van der Waals surface area contributed by atoms with Crippen molar-refractivity contribution in [2.45, 2.75) is 45.6 Å². The van der Waals surface area contributed by atoms with Crippen LogP contribution < -0.4 is 0 Å². The quantitative estimate of drug-likeness (QED) is 0.739. The Morgan fingerprint density at radius 1 is 1.00 bits per heavy atom. The fourth-order valence-electron chi connectivity index (χ4n) is 2.88. The number of nitrogens with zero attached hydrogens (tertiary/aromatic N) is 1. The third kappa shape index (κ3) is 3.64. The number of hydrogen-bond acceptors (Lipinski definition) is 2. The highest BCUT2D eigenvalue weighted by Crippen LogP contribution is 2.29. The second-order valence-corrected chi connectivity index (χ2v) is 6.86. The van der Waals surface area contributed by atoms with Gasteiger partial charge in [0.1, 0.15) is 6.61 Å². The molecular weight excluding hydrogens is 282 g/mol. The van der Waals surface area contributed by atoms with Crippen molar-refractivity contribution in [2.24, 2.45) is 4.99 Å². The van der Waals surface area contributed by atoms with Crippen molar-refractivity contribution in [1.29, 1.82) is 0 Å². The highest BCUT2D eigenvalue weighted by molar-refractivity contribution is 6.01. The van der Waals surface area contributed by atoms with E-state index in [0.29, 0.717) is 6.61 Å². The molecule has 0 bridgehead atoms. The van der Waals surface area contributed by atoms with Gasteiger partial charge in [0.2, 0.25) is 5.90 Å². The van der Waals surface area contributed by atoms with E-state index in [-0.39, 0.29) is 5.54 Å². The summed E-state index contributed by atoms with van der Waals surface area (Å²) in [7, 11) is 0. The van der Waals surface area contributed by atoms with Crippen LogP contribution in [-0.2, 0) is 11.2 Å². The molecule has 0 saturated heterocycles. The average Bonchev–Trinajstić information content (AvgIpc) is 2.93. The Morgan fingerprint density at radius 2 is 1.70 bits per heavy atom. The number of aryl methyl sites for hydroxylation is 1. The molecule has 1 aliphatic rings. The molecule has 120 valence electrons. The van der Waals surface area contributed by atoms with Crippen LogP contribution in [0.2, 0.25) is 0 Å². The standard InChI is InChI=1S/C21H25NO/c1-4-5-8-16-11-13-17(14-12-16)18-9-6-7-10-19(18)20-22-21(2,3)15-23-20/h6-7,9-14H,4-5,8,15H2,1-3H3. The van der Waals surface area contributed by atoms with Gasteiger partial charge in [0.15, 0.2) is 0 Å². The normalized spacial score (nSPS) is 16.0. The first-order valence-corrected chi connectivity index (χ1v) is 8.50. The lowest BCUT2D eigenvalue weighted by Gasteiger charge is -2.10. The zero-order valence-corrected chi connectivity index (χ0v) is 14.3. The molecule has 0 fully saturated rings. The summed E-state index contributed by atoms with van der Waals surface area (Å²) in [4.78, 5) is 4.73. The maximum absolute atomic E-state index is 5.84. The molecule has 2 aromatic carbocycles. The smallest absolute Gasteiger partial charge is 0.217 e. The lowest BCUT2D eigenvalue weighted by molar-refractivity contribution is 0.279. The monoisotopic (exact) mass is 307 g/mol. The van der Waals surface area contributed by atoms with E-state index >= 15 is 0 Å². The zero-order valence-electron chi connectivity index (χ0n) is 14.3. The van der Waals surface area contributed by atoms with Crippen LogP contribution in [0.1, 0.15) is 44.7 Å². The van der Waals surface area contributed by atoms with E-state index in [1.807, 2.05) is 6.07 Å². The molecule has 0 radical (unpaired) electrons. The predicted molar refractivity (Wildman–Crippen MR) is 97.1 cm³/mol. The number of aliphatic imine (C=N–C) groups is 1. The summed E-state index contributed by atoms with van der Waals surface area (Å²) in [5.74, 6) is 0.764. The summed E-state index contributed by atoms with van der Waals surface area (Å²) in [6.07, 6.45) is 3.63. The summed E-state index contributed by atoms with van der Waals surface area (Å²) >= 11 is 0. The van der Waals surface area contributed by atoms with E-state index in [2.05, 4.69) is 63.2 Å². The van der Waals surface area contributed by atoms with Gasteiger partial charge in [0.25, 0.3) is 0 Å². The summed E-state index contributed by atoms with van der Waals surface area (Å²) in [5, 5.41) is 0. The molecule has 1 heterocycles. The van der Waals surface area contributed by atoms with Crippen LogP contribution in [0.15, 0.2) is 53.5 Å². The van der Waals surface area contributed by atoms with E-state index in [9.17, 15) is 0 Å². The van der Waals surface area contributed by atoms with Crippen molar-refractivity contribution in [3.63, 3.8) is 0 Å². The van der Waals surface area contributed by atoms with Crippen LogP contribution >= 0.6 is 0 Å². The van der Waals surface area contributed by atoms with Crippen molar-refractivity contribution in [1.82, 2.24) is 0 Å². The molecule has 3 rings (SSSR count). The molecular formula is C21H25NO. The first-order valence-electron chi connectivity index (χ1n) is 8.50. The highest BCUT2D eigenvalue weighted by Gasteiger charge is 2.28. The Labute approximate surface area is 139 Å². The molecule has 0 saturated carbocycles. The Kier molecular flexibility index (Phi) is 4.51. The minimum absolute atomic E-state index is 0.132. The van der Waals surface area contributed by atoms with Gasteiger partial charge in [-0.3, -0.25) is 0 Å². The van der Waals surface area contributed by atoms with E-state index in [4.69, 9.17) is 9.73 Å². The second kappa shape index (κ2) is 6.57. The minimum atomic E-state index is -0.132. The summed E-state index contributed by atoms with van der Waals surface area (Å²) < 4.78 is 5.84. The molecule has 23 heavy (non-hydrogen) atoms. The molecule has 1 aliphatic heterocycles. The first-order chi connectivity index (χ1) is 11.1. The average molecular weight is 307 g/mol. The SMILES string of the molecule is CCCCc1ccc(-c2ccccc2C2=NC(C)(C)CO2)cc1. The molecule has 0 amide bonds. The number of ether oxygens (including phenoxy) is 1. The fraction of sp³-hybridized carbons (Fsp3) is 0.381. The Hall–Kier alpha value is -2.09.